The van der Waals surface area contributed by atoms with Crippen LogP contribution in [0.15, 0.2) is 0 Å². The van der Waals surface area contributed by atoms with Gasteiger partial charge in [0.05, 0.1) is 18.8 Å². The molecule has 0 rings (SSSR count). The van der Waals surface area contributed by atoms with Gasteiger partial charge in [0.15, 0.2) is 0 Å². The molecule has 6 nitrogen and oxygen atoms in total. The maximum Gasteiger partial charge on any atom is 0.503 e. The average molecular weight is 224 g/mol. The summed E-state index contributed by atoms with van der Waals surface area (Å²) in [4.78, 5) is 8.56. The largest absolute Gasteiger partial charge is 0.503 e. The zero-order valence-corrected chi connectivity index (χ0v) is 9.09. The molecule has 2 unspecified atom stereocenters. The van der Waals surface area contributed by atoms with Gasteiger partial charge in [-0.05, 0) is 19.3 Å². The first-order valence-corrected chi connectivity index (χ1v) is 4.71. The van der Waals surface area contributed by atoms with Gasteiger partial charge in [-0.1, -0.05) is 6.92 Å². The van der Waals surface area contributed by atoms with Crippen molar-refractivity contribution in [2.24, 2.45) is 0 Å². The van der Waals surface area contributed by atoms with Crippen molar-refractivity contribution in [1.82, 2.24) is 0 Å². The highest BCUT2D eigenvalue weighted by atomic mass is 16.6. The first kappa shape index (κ1) is 16.6. The lowest BCUT2D eigenvalue weighted by Gasteiger charge is -2.14. The van der Waals surface area contributed by atoms with E-state index in [-0.39, 0.29) is 12.7 Å². The zero-order valence-electron chi connectivity index (χ0n) is 9.09. The SMILES string of the molecule is CCC(CCC(O)CO)OC.O=C(O)O. The molecule has 0 saturated heterocycles. The predicted molar refractivity (Wildman–Crippen MR) is 54.1 cm³/mol. The maximum atomic E-state index is 8.99. The van der Waals surface area contributed by atoms with Crippen LogP contribution in [0.4, 0.5) is 4.79 Å². The number of ether oxygens (including phenoxy) is 1. The van der Waals surface area contributed by atoms with Gasteiger partial charge in [0.25, 0.3) is 0 Å². The first-order chi connectivity index (χ1) is 6.97. The first-order valence-electron chi connectivity index (χ1n) is 4.71. The highest BCUT2D eigenvalue weighted by molar-refractivity contribution is 5.53. The quantitative estimate of drug-likeness (QED) is 0.530. The molecular formula is C9H20O6. The van der Waals surface area contributed by atoms with E-state index in [0.717, 1.165) is 12.8 Å². The van der Waals surface area contributed by atoms with Crippen LogP contribution in [0.3, 0.4) is 0 Å². The van der Waals surface area contributed by atoms with Crippen molar-refractivity contribution in [3.05, 3.63) is 0 Å². The summed E-state index contributed by atoms with van der Waals surface area (Å²) in [5.41, 5.74) is 0. The molecule has 0 aliphatic carbocycles. The number of rotatable bonds is 6. The second-order valence-electron chi connectivity index (χ2n) is 2.96. The van der Waals surface area contributed by atoms with E-state index < -0.39 is 12.3 Å². The van der Waals surface area contributed by atoms with Crippen molar-refractivity contribution in [3.63, 3.8) is 0 Å². The van der Waals surface area contributed by atoms with Gasteiger partial charge in [-0.25, -0.2) is 4.79 Å². The molecule has 92 valence electrons. The van der Waals surface area contributed by atoms with Gasteiger partial charge in [-0.15, -0.1) is 0 Å². The van der Waals surface area contributed by atoms with Crippen LogP contribution in [0.25, 0.3) is 0 Å². The van der Waals surface area contributed by atoms with E-state index in [1.54, 1.807) is 7.11 Å². The van der Waals surface area contributed by atoms with Crippen LogP contribution in [0, 0.1) is 0 Å². The lowest BCUT2D eigenvalue weighted by atomic mass is 10.1. The molecule has 0 aromatic carbocycles. The Balaban J connectivity index is 0. The summed E-state index contributed by atoms with van der Waals surface area (Å²) in [6.07, 6.45) is 0.182. The third-order valence-electron chi connectivity index (χ3n) is 1.82. The summed E-state index contributed by atoms with van der Waals surface area (Å²) in [5.74, 6) is 0. The Labute approximate surface area is 89.1 Å². The van der Waals surface area contributed by atoms with E-state index in [0.29, 0.717) is 6.42 Å². The Morgan fingerprint density at radius 2 is 1.80 bits per heavy atom. The topological polar surface area (TPSA) is 107 Å². The van der Waals surface area contributed by atoms with E-state index in [2.05, 4.69) is 0 Å². The fourth-order valence-electron chi connectivity index (χ4n) is 0.958. The van der Waals surface area contributed by atoms with Gasteiger partial charge in [-0.2, -0.15) is 0 Å². The van der Waals surface area contributed by atoms with Crippen LogP contribution < -0.4 is 0 Å². The number of hydrogen-bond donors (Lipinski definition) is 4. The number of methoxy groups -OCH3 is 1. The number of aliphatic hydroxyl groups excluding tert-OH is 2. The minimum Gasteiger partial charge on any atom is -0.450 e. The van der Waals surface area contributed by atoms with Crippen molar-refractivity contribution >= 4 is 6.16 Å². The molecule has 15 heavy (non-hydrogen) atoms. The summed E-state index contributed by atoms with van der Waals surface area (Å²) in [6, 6.07) is 0. The summed E-state index contributed by atoms with van der Waals surface area (Å²) in [6.45, 7) is 1.89. The Morgan fingerprint density at radius 1 is 1.33 bits per heavy atom. The monoisotopic (exact) mass is 224 g/mol. The molecule has 0 radical (unpaired) electrons. The van der Waals surface area contributed by atoms with Crippen molar-refractivity contribution in [2.45, 2.75) is 38.4 Å². The third-order valence-corrected chi connectivity index (χ3v) is 1.82. The number of hydrogen-bond acceptors (Lipinski definition) is 4. The molecular weight excluding hydrogens is 204 g/mol. The van der Waals surface area contributed by atoms with Crippen molar-refractivity contribution in [3.8, 4) is 0 Å². The lowest BCUT2D eigenvalue weighted by molar-refractivity contribution is 0.0497. The molecule has 0 amide bonds. The second kappa shape index (κ2) is 11.2. The zero-order chi connectivity index (χ0) is 12.3. The molecule has 0 aliphatic heterocycles. The van der Waals surface area contributed by atoms with Crippen LogP contribution in [0.1, 0.15) is 26.2 Å². The summed E-state index contributed by atoms with van der Waals surface area (Å²) < 4.78 is 5.10. The van der Waals surface area contributed by atoms with Crippen molar-refractivity contribution < 1.29 is 30.0 Å². The van der Waals surface area contributed by atoms with E-state index in [1.807, 2.05) is 6.92 Å². The fraction of sp³-hybridized carbons (Fsp3) is 0.889. The van der Waals surface area contributed by atoms with Crippen LogP contribution in [-0.2, 0) is 4.74 Å². The summed E-state index contributed by atoms with van der Waals surface area (Å²) in [7, 11) is 1.67. The molecule has 0 aliphatic rings. The second-order valence-corrected chi connectivity index (χ2v) is 2.96. The Morgan fingerprint density at radius 3 is 2.07 bits per heavy atom. The van der Waals surface area contributed by atoms with E-state index in [4.69, 9.17) is 30.0 Å². The highest BCUT2D eigenvalue weighted by Crippen LogP contribution is 2.07. The third kappa shape index (κ3) is 15.9. The van der Waals surface area contributed by atoms with Gasteiger partial charge in [0.1, 0.15) is 0 Å². The molecule has 0 fully saturated rings. The fourth-order valence-corrected chi connectivity index (χ4v) is 0.958. The number of carboxylic acid groups (broad SMARTS) is 2. The molecule has 2 atom stereocenters. The van der Waals surface area contributed by atoms with Crippen LogP contribution in [-0.4, -0.2) is 52.5 Å². The molecule has 0 aromatic heterocycles. The molecule has 4 N–H and O–H groups in total. The molecule has 0 aromatic rings. The summed E-state index contributed by atoms with van der Waals surface area (Å²) >= 11 is 0. The van der Waals surface area contributed by atoms with E-state index in [9.17, 15) is 0 Å². The average Bonchev–Trinajstić information content (AvgIpc) is 2.18. The molecule has 0 bridgehead atoms. The van der Waals surface area contributed by atoms with Crippen molar-refractivity contribution in [1.29, 1.82) is 0 Å². The number of aliphatic hydroxyl groups is 2. The van der Waals surface area contributed by atoms with Gasteiger partial charge >= 0.3 is 6.16 Å². The lowest BCUT2D eigenvalue weighted by Crippen LogP contribution is -2.17. The number of carbonyl (C=O) groups is 1. The van der Waals surface area contributed by atoms with Gasteiger partial charge < -0.3 is 25.2 Å². The van der Waals surface area contributed by atoms with Gasteiger partial charge in [0.2, 0.25) is 0 Å². The summed E-state index contributed by atoms with van der Waals surface area (Å²) in [5, 5.41) is 31.4. The Kier molecular flexibility index (Phi) is 12.4. The van der Waals surface area contributed by atoms with E-state index in [1.165, 1.54) is 0 Å². The van der Waals surface area contributed by atoms with E-state index >= 15 is 0 Å². The van der Waals surface area contributed by atoms with Gasteiger partial charge in [-0.3, -0.25) is 0 Å². The maximum absolute atomic E-state index is 8.99. The smallest absolute Gasteiger partial charge is 0.450 e. The Bertz CT molecular complexity index is 142. The normalized spacial score (nSPS) is 13.6. The Hall–Kier alpha value is -0.850. The highest BCUT2D eigenvalue weighted by Gasteiger charge is 2.07. The minimum atomic E-state index is -1.83. The standard InChI is InChI=1S/C8H18O3.CH2O3/c1-3-8(11-2)5-4-7(10)6-9;2-1(3)4/h7-10H,3-6H2,1-2H3;(H2,2,3,4). The van der Waals surface area contributed by atoms with Crippen LogP contribution in [0.5, 0.6) is 0 Å². The molecule has 0 spiro atoms. The van der Waals surface area contributed by atoms with Crippen LogP contribution in [0.2, 0.25) is 0 Å². The molecule has 0 saturated carbocycles. The molecule has 0 heterocycles. The van der Waals surface area contributed by atoms with Crippen LogP contribution >= 0.6 is 0 Å². The van der Waals surface area contributed by atoms with Gasteiger partial charge in [0, 0.05) is 7.11 Å². The van der Waals surface area contributed by atoms with Crippen molar-refractivity contribution in [2.75, 3.05) is 13.7 Å². The molecule has 6 heteroatoms. The predicted octanol–water partition coefficient (Wildman–Crippen LogP) is 0.767. The minimum absolute atomic E-state index is 0.153.